The van der Waals surface area contributed by atoms with E-state index in [1.54, 1.807) is 7.11 Å². The number of methoxy groups -OCH3 is 1. The van der Waals surface area contributed by atoms with Gasteiger partial charge in [-0.15, -0.1) is 0 Å². The van der Waals surface area contributed by atoms with Gasteiger partial charge in [0.2, 0.25) is 0 Å². The van der Waals surface area contributed by atoms with Crippen molar-refractivity contribution in [2.75, 3.05) is 13.7 Å². The molecule has 0 fully saturated rings. The number of benzene rings is 1. The number of nitrogens with one attached hydrogen (secondary N) is 1. The second-order valence-corrected chi connectivity index (χ2v) is 6.24. The molecule has 0 aromatic heterocycles. The van der Waals surface area contributed by atoms with Gasteiger partial charge in [0.25, 0.3) is 0 Å². The maximum atomic E-state index is 5.80. The first-order chi connectivity index (χ1) is 8.91. The molecule has 0 heterocycles. The molecule has 0 amide bonds. The maximum absolute atomic E-state index is 5.80. The summed E-state index contributed by atoms with van der Waals surface area (Å²) in [5, 5.41) is 0. The molecule has 3 nitrogen and oxygen atoms in total. The lowest BCUT2D eigenvalue weighted by atomic mass is 9.79. The Hall–Kier alpha value is -0.900. The number of hydrazine groups is 1. The molecule has 2 unspecified atom stereocenters. The Balaban J connectivity index is 3.05. The highest BCUT2D eigenvalue weighted by Gasteiger charge is 2.25. The second-order valence-electron chi connectivity index (χ2n) is 6.24. The van der Waals surface area contributed by atoms with Gasteiger partial charge in [0, 0.05) is 19.8 Å². The van der Waals surface area contributed by atoms with Crippen molar-refractivity contribution in [3.8, 4) is 0 Å². The predicted octanol–water partition coefficient (Wildman–Crippen LogP) is 3.16. The molecular formula is C16H28N2O. The van der Waals surface area contributed by atoms with Crippen molar-refractivity contribution < 1.29 is 4.74 Å². The van der Waals surface area contributed by atoms with Gasteiger partial charge in [0.1, 0.15) is 0 Å². The summed E-state index contributed by atoms with van der Waals surface area (Å²) in [5.41, 5.74) is 5.74. The third kappa shape index (κ3) is 4.30. The number of hydrogen-bond donors (Lipinski definition) is 2. The molecule has 1 rings (SSSR count). The summed E-state index contributed by atoms with van der Waals surface area (Å²) in [6.45, 7) is 9.68. The fraction of sp³-hybridized carbons (Fsp3) is 0.625. The van der Waals surface area contributed by atoms with E-state index in [9.17, 15) is 0 Å². The minimum absolute atomic E-state index is 0.118. The number of nitrogens with two attached hydrogens (primary N) is 1. The van der Waals surface area contributed by atoms with Crippen molar-refractivity contribution in [2.45, 2.75) is 45.6 Å². The van der Waals surface area contributed by atoms with Crippen molar-refractivity contribution in [3.63, 3.8) is 0 Å². The zero-order chi connectivity index (χ0) is 14.5. The fourth-order valence-electron chi connectivity index (χ4n) is 2.48. The molecule has 2 atom stereocenters. The molecule has 1 aromatic carbocycles. The molecule has 0 radical (unpaired) electrons. The van der Waals surface area contributed by atoms with Crippen molar-refractivity contribution in [1.29, 1.82) is 0 Å². The Labute approximate surface area is 117 Å². The first-order valence-corrected chi connectivity index (χ1v) is 6.96. The minimum Gasteiger partial charge on any atom is -0.385 e. The van der Waals surface area contributed by atoms with E-state index in [-0.39, 0.29) is 11.5 Å². The second kappa shape index (κ2) is 7.04. The average Bonchev–Trinajstić information content (AvgIpc) is 2.36. The van der Waals surface area contributed by atoms with Crippen LogP contribution >= 0.6 is 0 Å². The monoisotopic (exact) mass is 264 g/mol. The summed E-state index contributed by atoms with van der Waals surface area (Å²) >= 11 is 0. The first-order valence-electron chi connectivity index (χ1n) is 6.96. The van der Waals surface area contributed by atoms with Crippen LogP contribution < -0.4 is 11.3 Å². The van der Waals surface area contributed by atoms with Gasteiger partial charge in [-0.1, -0.05) is 52.0 Å². The van der Waals surface area contributed by atoms with Crippen LogP contribution in [0.1, 0.15) is 51.3 Å². The highest BCUT2D eigenvalue weighted by molar-refractivity contribution is 5.35. The van der Waals surface area contributed by atoms with Gasteiger partial charge in [-0.25, -0.2) is 0 Å². The molecule has 0 saturated carbocycles. The van der Waals surface area contributed by atoms with Crippen LogP contribution in [-0.4, -0.2) is 13.7 Å². The minimum atomic E-state index is 0.118. The number of rotatable bonds is 6. The van der Waals surface area contributed by atoms with Gasteiger partial charge in [-0.2, -0.15) is 0 Å². The van der Waals surface area contributed by atoms with Gasteiger partial charge >= 0.3 is 0 Å². The molecule has 0 aliphatic carbocycles. The van der Waals surface area contributed by atoms with Crippen LogP contribution in [-0.2, 0) is 10.2 Å². The summed E-state index contributed by atoms with van der Waals surface area (Å²) in [5.74, 6) is 6.22. The standard InChI is InChI=1S/C16H28N2O/c1-12(10-11-19-5)15(18-17)13-8-6-7-9-14(13)16(2,3)4/h6-9,12,15,18H,10-11,17H2,1-5H3. The molecule has 0 saturated heterocycles. The van der Waals surface area contributed by atoms with Crippen LogP contribution in [0.2, 0.25) is 0 Å². The van der Waals surface area contributed by atoms with E-state index in [1.807, 2.05) is 0 Å². The van der Waals surface area contributed by atoms with Gasteiger partial charge in [0.05, 0.1) is 0 Å². The van der Waals surface area contributed by atoms with E-state index in [2.05, 4.69) is 57.4 Å². The average molecular weight is 264 g/mol. The molecule has 3 heteroatoms. The van der Waals surface area contributed by atoms with E-state index in [1.165, 1.54) is 11.1 Å². The van der Waals surface area contributed by atoms with Gasteiger partial charge < -0.3 is 4.74 Å². The predicted molar refractivity (Wildman–Crippen MR) is 80.9 cm³/mol. The SMILES string of the molecule is COCCC(C)C(NN)c1ccccc1C(C)(C)C. The quantitative estimate of drug-likeness (QED) is 0.613. The third-order valence-electron chi connectivity index (χ3n) is 3.63. The summed E-state index contributed by atoms with van der Waals surface area (Å²) in [6.07, 6.45) is 0.990. The molecular weight excluding hydrogens is 236 g/mol. The molecule has 108 valence electrons. The Morgan fingerprint density at radius 1 is 1.26 bits per heavy atom. The molecule has 19 heavy (non-hydrogen) atoms. The van der Waals surface area contributed by atoms with Crippen molar-refractivity contribution in [2.24, 2.45) is 11.8 Å². The molecule has 0 bridgehead atoms. The molecule has 3 N–H and O–H groups in total. The smallest absolute Gasteiger partial charge is 0.0489 e. The zero-order valence-electron chi connectivity index (χ0n) is 12.9. The Bertz CT molecular complexity index is 385. The Morgan fingerprint density at radius 3 is 2.42 bits per heavy atom. The highest BCUT2D eigenvalue weighted by atomic mass is 16.5. The molecule has 0 aliphatic heterocycles. The lowest BCUT2D eigenvalue weighted by Crippen LogP contribution is -2.34. The van der Waals surface area contributed by atoms with E-state index >= 15 is 0 Å². The van der Waals surface area contributed by atoms with Crippen LogP contribution in [0, 0.1) is 5.92 Å². The molecule has 0 aliphatic rings. The van der Waals surface area contributed by atoms with Crippen LogP contribution in [0.5, 0.6) is 0 Å². The summed E-state index contributed by atoms with van der Waals surface area (Å²) in [4.78, 5) is 0. The maximum Gasteiger partial charge on any atom is 0.0489 e. The normalized spacial score (nSPS) is 15.3. The summed E-state index contributed by atoms with van der Waals surface area (Å²) in [6, 6.07) is 8.71. The Morgan fingerprint density at radius 2 is 1.89 bits per heavy atom. The number of hydrogen-bond acceptors (Lipinski definition) is 3. The van der Waals surface area contributed by atoms with Gasteiger partial charge in [0.15, 0.2) is 0 Å². The number of ether oxygens (including phenoxy) is 1. The van der Waals surface area contributed by atoms with Crippen LogP contribution in [0.3, 0.4) is 0 Å². The van der Waals surface area contributed by atoms with E-state index < -0.39 is 0 Å². The summed E-state index contributed by atoms with van der Waals surface area (Å²) < 4.78 is 5.17. The van der Waals surface area contributed by atoms with E-state index in [0.29, 0.717) is 5.92 Å². The zero-order valence-corrected chi connectivity index (χ0v) is 12.9. The molecule has 1 aromatic rings. The lowest BCUT2D eigenvalue weighted by Gasteiger charge is -2.30. The largest absolute Gasteiger partial charge is 0.385 e. The third-order valence-corrected chi connectivity index (χ3v) is 3.63. The van der Waals surface area contributed by atoms with Crippen molar-refractivity contribution in [1.82, 2.24) is 5.43 Å². The summed E-state index contributed by atoms with van der Waals surface area (Å²) in [7, 11) is 1.74. The molecule has 0 spiro atoms. The van der Waals surface area contributed by atoms with Gasteiger partial charge in [-0.3, -0.25) is 11.3 Å². The van der Waals surface area contributed by atoms with Crippen molar-refractivity contribution in [3.05, 3.63) is 35.4 Å². The Kier molecular flexibility index (Phi) is 5.98. The highest BCUT2D eigenvalue weighted by Crippen LogP contribution is 2.33. The lowest BCUT2D eigenvalue weighted by molar-refractivity contribution is 0.170. The van der Waals surface area contributed by atoms with Crippen LogP contribution in [0.25, 0.3) is 0 Å². The van der Waals surface area contributed by atoms with Crippen molar-refractivity contribution >= 4 is 0 Å². The van der Waals surface area contributed by atoms with Gasteiger partial charge in [-0.05, 0) is 28.9 Å². The first kappa shape index (κ1) is 16.2. The van der Waals surface area contributed by atoms with Crippen LogP contribution in [0.4, 0.5) is 0 Å². The van der Waals surface area contributed by atoms with E-state index in [4.69, 9.17) is 10.6 Å². The topological polar surface area (TPSA) is 47.3 Å². The fourth-order valence-corrected chi connectivity index (χ4v) is 2.48. The van der Waals surface area contributed by atoms with E-state index in [0.717, 1.165) is 13.0 Å². The van der Waals surface area contributed by atoms with Crippen LogP contribution in [0.15, 0.2) is 24.3 Å².